The number of nitrogens with zero attached hydrogens (tertiary/aromatic N) is 1. The fourth-order valence-corrected chi connectivity index (χ4v) is 3.49. The van der Waals surface area contributed by atoms with Gasteiger partial charge in [0.15, 0.2) is 0 Å². The van der Waals surface area contributed by atoms with Gasteiger partial charge in [-0.15, -0.1) is 0 Å². The van der Waals surface area contributed by atoms with E-state index in [9.17, 15) is 9.90 Å². The first-order valence-electron chi connectivity index (χ1n) is 9.23. The van der Waals surface area contributed by atoms with Gasteiger partial charge in [0.05, 0.1) is 28.2 Å². The van der Waals surface area contributed by atoms with Crippen molar-refractivity contribution in [3.63, 3.8) is 0 Å². The Kier molecular flexibility index (Phi) is 4.90. The smallest absolute Gasteiger partial charge is 0.257 e. The zero-order chi connectivity index (χ0) is 20.6. The SMILES string of the molecule is CC(C)(O)Cc1ccc2c(c1)NC(=O)c1ccc(Nc3ccnc(Cl)c3)cc1N2. The van der Waals surface area contributed by atoms with Crippen molar-refractivity contribution < 1.29 is 9.90 Å². The molecule has 0 fully saturated rings. The number of fused-ring (bicyclic) bond motifs is 2. The molecule has 6 nitrogen and oxygen atoms in total. The van der Waals surface area contributed by atoms with Crippen molar-refractivity contribution in [2.45, 2.75) is 25.9 Å². The fraction of sp³-hybridized carbons (Fsp3) is 0.182. The number of benzene rings is 2. The first-order chi connectivity index (χ1) is 13.8. The van der Waals surface area contributed by atoms with Gasteiger partial charge in [0.2, 0.25) is 0 Å². The van der Waals surface area contributed by atoms with Crippen molar-refractivity contribution in [1.29, 1.82) is 0 Å². The van der Waals surface area contributed by atoms with Gasteiger partial charge >= 0.3 is 0 Å². The number of halogens is 1. The standard InChI is InChI=1S/C22H21ClN4O2/c1-22(2,29)12-13-3-6-17-19(9-13)27-21(28)16-5-4-14(10-18(16)26-17)25-15-7-8-24-20(23)11-15/h3-11,26,29H,12H2,1-2H3,(H,24,25)(H,27,28). The maximum Gasteiger partial charge on any atom is 0.257 e. The summed E-state index contributed by atoms with van der Waals surface area (Å²) >= 11 is 5.94. The Bertz CT molecular complexity index is 1090. The maximum atomic E-state index is 12.7. The van der Waals surface area contributed by atoms with Gasteiger partial charge in [-0.25, -0.2) is 4.98 Å². The van der Waals surface area contributed by atoms with E-state index < -0.39 is 5.60 Å². The van der Waals surface area contributed by atoms with Crippen LogP contribution >= 0.6 is 11.6 Å². The summed E-state index contributed by atoms with van der Waals surface area (Å²) in [6.45, 7) is 3.52. The number of rotatable bonds is 4. The first-order valence-corrected chi connectivity index (χ1v) is 9.61. The van der Waals surface area contributed by atoms with E-state index in [0.29, 0.717) is 28.5 Å². The third kappa shape index (κ3) is 4.50. The summed E-state index contributed by atoms with van der Waals surface area (Å²) in [7, 11) is 0. The summed E-state index contributed by atoms with van der Waals surface area (Å²) in [4.78, 5) is 16.7. The largest absolute Gasteiger partial charge is 0.390 e. The molecule has 3 aromatic rings. The predicted molar refractivity (Wildman–Crippen MR) is 117 cm³/mol. The highest BCUT2D eigenvalue weighted by atomic mass is 35.5. The number of hydrogen-bond donors (Lipinski definition) is 4. The minimum Gasteiger partial charge on any atom is -0.390 e. The number of amides is 1. The highest BCUT2D eigenvalue weighted by Crippen LogP contribution is 2.35. The van der Waals surface area contributed by atoms with E-state index in [1.165, 1.54) is 0 Å². The van der Waals surface area contributed by atoms with E-state index in [0.717, 1.165) is 22.6 Å². The Morgan fingerprint density at radius 3 is 2.55 bits per heavy atom. The molecule has 0 unspecified atom stereocenters. The quantitative estimate of drug-likeness (QED) is 0.451. The monoisotopic (exact) mass is 408 g/mol. The van der Waals surface area contributed by atoms with Crippen LogP contribution in [0.1, 0.15) is 29.8 Å². The lowest BCUT2D eigenvalue weighted by atomic mass is 9.98. The van der Waals surface area contributed by atoms with Gasteiger partial charge in [-0.2, -0.15) is 0 Å². The summed E-state index contributed by atoms with van der Waals surface area (Å²) in [5.41, 5.74) is 4.46. The summed E-state index contributed by atoms with van der Waals surface area (Å²) in [6.07, 6.45) is 2.12. The van der Waals surface area contributed by atoms with Gasteiger partial charge in [-0.05, 0) is 61.9 Å². The number of hydrogen-bond acceptors (Lipinski definition) is 5. The molecule has 7 heteroatoms. The molecule has 1 aromatic heterocycles. The molecule has 0 atom stereocenters. The van der Waals surface area contributed by atoms with Gasteiger partial charge in [-0.1, -0.05) is 17.7 Å². The zero-order valence-electron chi connectivity index (χ0n) is 16.1. The minimum atomic E-state index is -0.824. The van der Waals surface area contributed by atoms with Crippen LogP contribution in [0.4, 0.5) is 28.4 Å². The minimum absolute atomic E-state index is 0.190. The molecular formula is C22H21ClN4O2. The van der Waals surface area contributed by atoms with Gasteiger partial charge in [0, 0.05) is 24.0 Å². The molecule has 0 radical (unpaired) electrons. The highest BCUT2D eigenvalue weighted by Gasteiger charge is 2.21. The van der Waals surface area contributed by atoms with Crippen molar-refractivity contribution >= 4 is 45.9 Å². The Labute approximate surface area is 173 Å². The van der Waals surface area contributed by atoms with Gasteiger partial charge in [-0.3, -0.25) is 4.79 Å². The van der Waals surface area contributed by atoms with Crippen LogP contribution in [0.2, 0.25) is 5.15 Å². The van der Waals surface area contributed by atoms with Crippen molar-refractivity contribution in [2.75, 3.05) is 16.0 Å². The van der Waals surface area contributed by atoms with E-state index in [2.05, 4.69) is 20.9 Å². The Balaban J connectivity index is 1.64. The van der Waals surface area contributed by atoms with Crippen LogP contribution < -0.4 is 16.0 Å². The number of nitrogens with one attached hydrogen (secondary N) is 3. The number of pyridine rings is 1. The van der Waals surface area contributed by atoms with Gasteiger partial charge in [0.25, 0.3) is 5.91 Å². The van der Waals surface area contributed by atoms with Crippen molar-refractivity contribution in [2.24, 2.45) is 0 Å². The molecule has 1 aliphatic rings. The van der Waals surface area contributed by atoms with Crippen LogP contribution in [-0.4, -0.2) is 21.6 Å². The zero-order valence-corrected chi connectivity index (χ0v) is 16.8. The van der Waals surface area contributed by atoms with Crippen LogP contribution in [-0.2, 0) is 6.42 Å². The summed E-state index contributed by atoms with van der Waals surface area (Å²) < 4.78 is 0. The molecule has 2 heterocycles. The van der Waals surface area contributed by atoms with Gasteiger partial charge < -0.3 is 21.1 Å². The fourth-order valence-electron chi connectivity index (χ4n) is 3.32. The number of carbonyl (C=O) groups is 1. The first kappa shape index (κ1) is 19.2. The molecule has 0 bridgehead atoms. The lowest BCUT2D eigenvalue weighted by Crippen LogP contribution is -2.22. The summed E-state index contributed by atoms with van der Waals surface area (Å²) in [5, 5.41) is 20.0. The molecule has 1 aliphatic heterocycles. The highest BCUT2D eigenvalue weighted by molar-refractivity contribution is 6.29. The molecule has 2 aromatic carbocycles. The molecule has 0 aliphatic carbocycles. The third-order valence-electron chi connectivity index (χ3n) is 4.52. The lowest BCUT2D eigenvalue weighted by Gasteiger charge is -2.18. The second-order valence-electron chi connectivity index (χ2n) is 7.70. The number of aromatic nitrogens is 1. The van der Waals surface area contributed by atoms with E-state index in [1.54, 1.807) is 32.2 Å². The Morgan fingerprint density at radius 1 is 1.00 bits per heavy atom. The molecule has 1 amide bonds. The third-order valence-corrected chi connectivity index (χ3v) is 4.72. The normalized spacial score (nSPS) is 12.9. The van der Waals surface area contributed by atoms with Crippen LogP contribution in [0, 0.1) is 0 Å². The van der Waals surface area contributed by atoms with Crippen molar-refractivity contribution in [1.82, 2.24) is 4.98 Å². The molecule has 4 rings (SSSR count). The second kappa shape index (κ2) is 7.39. The number of anilines is 5. The van der Waals surface area contributed by atoms with E-state index in [4.69, 9.17) is 11.6 Å². The van der Waals surface area contributed by atoms with Crippen LogP contribution in [0.15, 0.2) is 54.7 Å². The summed E-state index contributed by atoms with van der Waals surface area (Å²) in [5.74, 6) is -0.190. The molecule has 0 spiro atoms. The second-order valence-corrected chi connectivity index (χ2v) is 8.09. The average Bonchev–Trinajstić information content (AvgIpc) is 2.75. The van der Waals surface area contributed by atoms with Crippen LogP contribution in [0.3, 0.4) is 0 Å². The number of carbonyl (C=O) groups excluding carboxylic acids is 1. The molecule has 148 valence electrons. The van der Waals surface area contributed by atoms with E-state index in [1.807, 2.05) is 36.4 Å². The topological polar surface area (TPSA) is 86.3 Å². The van der Waals surface area contributed by atoms with Gasteiger partial charge in [0.1, 0.15) is 5.15 Å². The van der Waals surface area contributed by atoms with E-state index in [-0.39, 0.29) is 5.91 Å². The Morgan fingerprint density at radius 2 is 1.79 bits per heavy atom. The van der Waals surface area contributed by atoms with Crippen molar-refractivity contribution in [3.05, 3.63) is 71.0 Å². The lowest BCUT2D eigenvalue weighted by molar-refractivity contribution is 0.0810. The molecule has 0 saturated heterocycles. The number of aliphatic hydroxyl groups is 1. The molecular weight excluding hydrogens is 388 g/mol. The molecule has 29 heavy (non-hydrogen) atoms. The molecule has 0 saturated carbocycles. The maximum absolute atomic E-state index is 12.7. The van der Waals surface area contributed by atoms with Crippen LogP contribution in [0.25, 0.3) is 0 Å². The van der Waals surface area contributed by atoms with Crippen LogP contribution in [0.5, 0.6) is 0 Å². The predicted octanol–water partition coefficient (Wildman–Crippen LogP) is 5.10. The molecule has 4 N–H and O–H groups in total. The Hall–Kier alpha value is -3.09. The summed E-state index contributed by atoms with van der Waals surface area (Å²) in [6, 6.07) is 14.8. The van der Waals surface area contributed by atoms with E-state index >= 15 is 0 Å². The van der Waals surface area contributed by atoms with Crippen molar-refractivity contribution in [3.8, 4) is 0 Å². The average molecular weight is 409 g/mol.